The van der Waals surface area contributed by atoms with Gasteiger partial charge in [-0.25, -0.2) is 0 Å². The molecule has 0 saturated carbocycles. The molecule has 0 spiro atoms. The van der Waals surface area contributed by atoms with Gasteiger partial charge in [0.25, 0.3) is 0 Å². The average Bonchev–Trinajstić information content (AvgIpc) is 1.93. The molecule has 0 aliphatic heterocycles. The van der Waals surface area contributed by atoms with Gasteiger partial charge in [0.15, 0.2) is 0 Å². The summed E-state index contributed by atoms with van der Waals surface area (Å²) in [4.78, 5) is 1.15. The molecule has 13 heavy (non-hydrogen) atoms. The lowest BCUT2D eigenvalue weighted by molar-refractivity contribution is 0.803. The summed E-state index contributed by atoms with van der Waals surface area (Å²) in [6, 6.07) is 6.01. The Kier molecular flexibility index (Phi) is 3.30. The zero-order valence-corrected chi connectivity index (χ0v) is 10.5. The molecule has 72 valence electrons. The molecule has 0 heterocycles. The Morgan fingerprint density at radius 2 is 1.92 bits per heavy atom. The minimum Gasteiger partial charge on any atom is -0.398 e. The van der Waals surface area contributed by atoms with Gasteiger partial charge in [0, 0.05) is 19.8 Å². The van der Waals surface area contributed by atoms with Gasteiger partial charge in [-0.1, -0.05) is 36.7 Å². The molecule has 1 nitrogen and oxygen atoms in total. The van der Waals surface area contributed by atoms with Crippen LogP contribution in [0.5, 0.6) is 0 Å². The summed E-state index contributed by atoms with van der Waals surface area (Å²) in [6.45, 7) is 6.54. The maximum atomic E-state index is 5.88. The Balaban J connectivity index is 2.90. The lowest BCUT2D eigenvalue weighted by atomic mass is 10.3. The Morgan fingerprint density at radius 3 is 2.38 bits per heavy atom. The van der Waals surface area contributed by atoms with Crippen molar-refractivity contribution in [2.24, 2.45) is 0 Å². The van der Waals surface area contributed by atoms with Gasteiger partial charge in [0.1, 0.15) is 0 Å². The molecule has 0 unspecified atom stereocenters. The van der Waals surface area contributed by atoms with Gasteiger partial charge in [-0.05, 0) is 18.2 Å². The summed E-state index contributed by atoms with van der Waals surface area (Å²) >= 11 is 5.18. The first-order valence-electron chi connectivity index (χ1n) is 4.12. The molecule has 1 aromatic rings. The molecule has 0 aliphatic rings. The Hall–Kier alpha value is -0.150. The third-order valence-electron chi connectivity index (χ3n) is 1.39. The van der Waals surface area contributed by atoms with Crippen LogP contribution in [-0.2, 0) is 0 Å². The number of nitrogen functional groups attached to an aromatic ring is 1. The van der Waals surface area contributed by atoms with Gasteiger partial charge in [-0.15, -0.1) is 11.8 Å². The van der Waals surface area contributed by atoms with Gasteiger partial charge >= 0.3 is 0 Å². The van der Waals surface area contributed by atoms with E-state index >= 15 is 0 Å². The quantitative estimate of drug-likeness (QED) is 0.611. The summed E-state index contributed by atoms with van der Waals surface area (Å²) in [5.74, 6) is 0. The first-order chi connectivity index (χ1) is 5.88. The van der Waals surface area contributed by atoms with Crippen molar-refractivity contribution in [3.05, 3.63) is 22.7 Å². The van der Waals surface area contributed by atoms with Gasteiger partial charge in [-0.3, -0.25) is 0 Å². The van der Waals surface area contributed by atoms with Crippen LogP contribution in [0.3, 0.4) is 0 Å². The fourth-order valence-electron chi connectivity index (χ4n) is 0.942. The number of hydrogen-bond donors (Lipinski definition) is 1. The molecular weight excluding hydrogens is 246 g/mol. The zero-order valence-electron chi connectivity index (χ0n) is 8.10. The molecule has 3 heteroatoms. The molecule has 0 radical (unpaired) electrons. The molecule has 0 bridgehead atoms. The molecule has 1 rings (SSSR count). The van der Waals surface area contributed by atoms with Crippen molar-refractivity contribution in [2.75, 3.05) is 5.73 Å². The predicted molar refractivity (Wildman–Crippen MR) is 64.2 cm³/mol. The normalized spacial score (nSPS) is 11.7. The van der Waals surface area contributed by atoms with E-state index in [0.717, 1.165) is 15.1 Å². The highest BCUT2D eigenvalue weighted by Gasteiger charge is 2.13. The maximum Gasteiger partial charge on any atom is 0.0463 e. The average molecular weight is 260 g/mol. The van der Waals surface area contributed by atoms with Crippen molar-refractivity contribution in [3.63, 3.8) is 0 Å². The molecule has 0 saturated heterocycles. The Morgan fingerprint density at radius 1 is 1.31 bits per heavy atom. The summed E-state index contributed by atoms with van der Waals surface area (Å²) in [5.41, 5.74) is 6.72. The second-order valence-corrected chi connectivity index (χ2v) is 6.68. The second kappa shape index (κ2) is 3.93. The molecule has 0 atom stereocenters. The number of rotatable bonds is 1. The van der Waals surface area contributed by atoms with Crippen molar-refractivity contribution in [1.82, 2.24) is 0 Å². The molecule has 1 aromatic carbocycles. The van der Waals surface area contributed by atoms with Gasteiger partial charge in [0.2, 0.25) is 0 Å². The van der Waals surface area contributed by atoms with E-state index in [1.807, 2.05) is 12.1 Å². The number of anilines is 1. The van der Waals surface area contributed by atoms with E-state index in [9.17, 15) is 0 Å². The Bertz CT molecular complexity index is 304. The lowest BCUT2D eigenvalue weighted by Crippen LogP contribution is -2.07. The van der Waals surface area contributed by atoms with E-state index in [2.05, 4.69) is 42.8 Å². The van der Waals surface area contributed by atoms with Crippen molar-refractivity contribution in [2.45, 2.75) is 30.4 Å². The van der Waals surface area contributed by atoms with E-state index in [1.165, 1.54) is 0 Å². The zero-order chi connectivity index (χ0) is 10.1. The third-order valence-corrected chi connectivity index (χ3v) is 3.09. The summed E-state index contributed by atoms with van der Waals surface area (Å²) in [7, 11) is 0. The van der Waals surface area contributed by atoms with E-state index in [1.54, 1.807) is 11.8 Å². The number of halogens is 1. The summed E-state index contributed by atoms with van der Waals surface area (Å²) in [5, 5.41) is 0. The maximum absolute atomic E-state index is 5.88. The molecule has 0 fully saturated rings. The molecule has 2 N–H and O–H groups in total. The van der Waals surface area contributed by atoms with E-state index < -0.39 is 0 Å². The van der Waals surface area contributed by atoms with Crippen LogP contribution < -0.4 is 5.73 Å². The van der Waals surface area contributed by atoms with E-state index in [-0.39, 0.29) is 4.75 Å². The Labute approximate surface area is 92.2 Å². The standard InChI is InChI=1S/C10H14BrNS/c1-10(2,3)13-9-5-4-7(11)6-8(9)12/h4-6H,12H2,1-3H3. The van der Waals surface area contributed by atoms with Crippen molar-refractivity contribution in [3.8, 4) is 0 Å². The van der Waals surface area contributed by atoms with Crippen LogP contribution in [0.4, 0.5) is 5.69 Å². The van der Waals surface area contributed by atoms with Crippen molar-refractivity contribution < 1.29 is 0 Å². The molecule has 0 aromatic heterocycles. The highest BCUT2D eigenvalue weighted by molar-refractivity contribution is 9.10. The van der Waals surface area contributed by atoms with Gasteiger partial charge < -0.3 is 5.73 Å². The fraction of sp³-hybridized carbons (Fsp3) is 0.400. The number of thioether (sulfide) groups is 1. The molecule has 0 amide bonds. The third kappa shape index (κ3) is 3.61. The topological polar surface area (TPSA) is 26.0 Å². The second-order valence-electron chi connectivity index (χ2n) is 3.90. The van der Waals surface area contributed by atoms with Crippen LogP contribution in [0.2, 0.25) is 0 Å². The van der Waals surface area contributed by atoms with Crippen LogP contribution in [-0.4, -0.2) is 4.75 Å². The van der Waals surface area contributed by atoms with Crippen LogP contribution >= 0.6 is 27.7 Å². The minimum absolute atomic E-state index is 0.210. The molecular formula is C10H14BrNS. The van der Waals surface area contributed by atoms with Crippen LogP contribution in [0, 0.1) is 0 Å². The van der Waals surface area contributed by atoms with Crippen LogP contribution in [0.25, 0.3) is 0 Å². The van der Waals surface area contributed by atoms with E-state index in [4.69, 9.17) is 5.73 Å². The minimum atomic E-state index is 0.210. The summed E-state index contributed by atoms with van der Waals surface area (Å²) < 4.78 is 1.24. The highest BCUT2D eigenvalue weighted by Crippen LogP contribution is 2.36. The summed E-state index contributed by atoms with van der Waals surface area (Å²) in [6.07, 6.45) is 0. The first-order valence-corrected chi connectivity index (χ1v) is 5.73. The number of hydrogen-bond acceptors (Lipinski definition) is 2. The van der Waals surface area contributed by atoms with E-state index in [0.29, 0.717) is 0 Å². The van der Waals surface area contributed by atoms with Gasteiger partial charge in [0.05, 0.1) is 0 Å². The predicted octanol–water partition coefficient (Wildman–Crippen LogP) is 3.92. The van der Waals surface area contributed by atoms with Crippen LogP contribution in [0.15, 0.2) is 27.6 Å². The largest absolute Gasteiger partial charge is 0.398 e. The fourth-order valence-corrected chi connectivity index (χ4v) is 2.29. The lowest BCUT2D eigenvalue weighted by Gasteiger charge is -2.18. The monoisotopic (exact) mass is 259 g/mol. The first kappa shape index (κ1) is 10.9. The van der Waals surface area contributed by atoms with Crippen LogP contribution in [0.1, 0.15) is 20.8 Å². The van der Waals surface area contributed by atoms with Crippen molar-refractivity contribution >= 4 is 33.4 Å². The van der Waals surface area contributed by atoms with Crippen molar-refractivity contribution in [1.29, 1.82) is 0 Å². The van der Waals surface area contributed by atoms with Gasteiger partial charge in [-0.2, -0.15) is 0 Å². The number of nitrogens with two attached hydrogens (primary N) is 1. The highest BCUT2D eigenvalue weighted by atomic mass is 79.9. The smallest absolute Gasteiger partial charge is 0.0463 e. The number of benzene rings is 1. The SMILES string of the molecule is CC(C)(C)Sc1ccc(Br)cc1N. The molecule has 0 aliphatic carbocycles.